The predicted molar refractivity (Wildman–Crippen MR) is 55.8 cm³/mol. The van der Waals surface area contributed by atoms with Gasteiger partial charge in [-0.25, -0.2) is 9.97 Å². The average molecular weight is 194 g/mol. The van der Waals surface area contributed by atoms with Gasteiger partial charge < -0.3 is 5.11 Å². The molecular formula is C11H18N2O. The van der Waals surface area contributed by atoms with E-state index < -0.39 is 6.10 Å². The van der Waals surface area contributed by atoms with Crippen molar-refractivity contribution in [2.24, 2.45) is 0 Å². The number of aromatic nitrogens is 2. The van der Waals surface area contributed by atoms with Crippen LogP contribution in [0.15, 0.2) is 18.6 Å². The molecule has 1 unspecified atom stereocenters. The monoisotopic (exact) mass is 194 g/mol. The molecule has 1 atom stereocenters. The number of aliphatic hydroxyl groups is 1. The van der Waals surface area contributed by atoms with Crippen molar-refractivity contribution < 1.29 is 5.11 Å². The van der Waals surface area contributed by atoms with Gasteiger partial charge in [-0.15, -0.1) is 0 Å². The Bertz CT molecular complexity index is 238. The second kappa shape index (κ2) is 6.49. The van der Waals surface area contributed by atoms with Crippen LogP contribution in [0.25, 0.3) is 0 Å². The van der Waals surface area contributed by atoms with Crippen molar-refractivity contribution >= 4 is 0 Å². The van der Waals surface area contributed by atoms with Gasteiger partial charge in [-0.2, -0.15) is 0 Å². The quantitative estimate of drug-likeness (QED) is 0.708. The molecule has 1 N–H and O–H groups in total. The summed E-state index contributed by atoms with van der Waals surface area (Å²) < 4.78 is 0. The molecule has 1 aromatic heterocycles. The van der Waals surface area contributed by atoms with E-state index in [4.69, 9.17) is 0 Å². The highest BCUT2D eigenvalue weighted by molar-refractivity contribution is 5.01. The Morgan fingerprint density at radius 2 is 2.21 bits per heavy atom. The molecular weight excluding hydrogens is 176 g/mol. The minimum absolute atomic E-state index is 0.421. The molecule has 1 aromatic rings. The van der Waals surface area contributed by atoms with Crippen LogP contribution in [0.1, 0.15) is 50.8 Å². The van der Waals surface area contributed by atoms with E-state index in [1.165, 1.54) is 25.6 Å². The van der Waals surface area contributed by atoms with E-state index >= 15 is 0 Å². The Kier molecular flexibility index (Phi) is 5.15. The SMILES string of the molecule is CCCCCCC(O)c1ccncn1. The predicted octanol–water partition coefficient (Wildman–Crippen LogP) is 2.48. The van der Waals surface area contributed by atoms with E-state index in [1.807, 2.05) is 0 Å². The first-order valence-corrected chi connectivity index (χ1v) is 5.28. The molecule has 3 nitrogen and oxygen atoms in total. The fraction of sp³-hybridized carbons (Fsp3) is 0.636. The van der Waals surface area contributed by atoms with Crippen molar-refractivity contribution in [1.29, 1.82) is 0 Å². The van der Waals surface area contributed by atoms with Gasteiger partial charge >= 0.3 is 0 Å². The molecule has 0 saturated carbocycles. The molecule has 0 aromatic carbocycles. The first-order chi connectivity index (χ1) is 6.84. The van der Waals surface area contributed by atoms with Crippen molar-refractivity contribution in [3.05, 3.63) is 24.3 Å². The second-order valence-corrected chi connectivity index (χ2v) is 3.50. The lowest BCUT2D eigenvalue weighted by atomic mass is 10.1. The third-order valence-electron chi connectivity index (χ3n) is 2.28. The van der Waals surface area contributed by atoms with E-state index in [0.717, 1.165) is 18.5 Å². The van der Waals surface area contributed by atoms with Crippen LogP contribution in [0.4, 0.5) is 0 Å². The fourth-order valence-corrected chi connectivity index (χ4v) is 1.41. The van der Waals surface area contributed by atoms with Crippen LogP contribution in [-0.4, -0.2) is 15.1 Å². The summed E-state index contributed by atoms with van der Waals surface area (Å²) in [5, 5.41) is 9.73. The van der Waals surface area contributed by atoms with Crippen molar-refractivity contribution in [1.82, 2.24) is 9.97 Å². The van der Waals surface area contributed by atoms with Gasteiger partial charge in [0.2, 0.25) is 0 Å². The van der Waals surface area contributed by atoms with Crippen LogP contribution in [0, 0.1) is 0 Å². The number of unbranched alkanes of at least 4 members (excludes halogenated alkanes) is 3. The number of rotatable bonds is 6. The largest absolute Gasteiger partial charge is 0.387 e. The van der Waals surface area contributed by atoms with Crippen LogP contribution in [0.5, 0.6) is 0 Å². The number of hydrogen-bond acceptors (Lipinski definition) is 3. The van der Waals surface area contributed by atoms with Gasteiger partial charge in [0.1, 0.15) is 6.33 Å². The normalized spacial score (nSPS) is 12.7. The fourth-order valence-electron chi connectivity index (χ4n) is 1.41. The standard InChI is InChI=1S/C11H18N2O/c1-2-3-4-5-6-11(14)10-7-8-12-9-13-10/h7-9,11,14H,2-6H2,1H3. The molecule has 0 spiro atoms. The molecule has 14 heavy (non-hydrogen) atoms. The summed E-state index contributed by atoms with van der Waals surface area (Å²) >= 11 is 0. The van der Waals surface area contributed by atoms with Crippen molar-refractivity contribution in [3.63, 3.8) is 0 Å². The molecule has 0 fully saturated rings. The van der Waals surface area contributed by atoms with E-state index in [-0.39, 0.29) is 0 Å². The van der Waals surface area contributed by atoms with Crippen LogP contribution >= 0.6 is 0 Å². The molecule has 1 heterocycles. The lowest BCUT2D eigenvalue weighted by Crippen LogP contribution is -2.00. The van der Waals surface area contributed by atoms with E-state index in [1.54, 1.807) is 12.3 Å². The zero-order valence-corrected chi connectivity index (χ0v) is 8.69. The van der Waals surface area contributed by atoms with Crippen LogP contribution in [0.2, 0.25) is 0 Å². The Morgan fingerprint density at radius 1 is 1.36 bits per heavy atom. The summed E-state index contributed by atoms with van der Waals surface area (Å²) in [6.45, 7) is 2.18. The minimum atomic E-state index is -0.421. The Morgan fingerprint density at radius 3 is 2.86 bits per heavy atom. The third-order valence-corrected chi connectivity index (χ3v) is 2.28. The van der Waals surface area contributed by atoms with Crippen molar-refractivity contribution in [3.8, 4) is 0 Å². The summed E-state index contributed by atoms with van der Waals surface area (Å²) in [6.07, 6.45) is 8.26. The maximum Gasteiger partial charge on any atom is 0.115 e. The Balaban J connectivity index is 2.25. The van der Waals surface area contributed by atoms with Gasteiger partial charge in [0.25, 0.3) is 0 Å². The van der Waals surface area contributed by atoms with E-state index in [2.05, 4.69) is 16.9 Å². The molecule has 78 valence electrons. The topological polar surface area (TPSA) is 46.0 Å². The van der Waals surface area contributed by atoms with Crippen molar-refractivity contribution in [2.75, 3.05) is 0 Å². The molecule has 0 amide bonds. The number of aliphatic hydroxyl groups excluding tert-OH is 1. The zero-order valence-electron chi connectivity index (χ0n) is 8.69. The lowest BCUT2D eigenvalue weighted by Gasteiger charge is -2.08. The summed E-state index contributed by atoms with van der Waals surface area (Å²) in [5.41, 5.74) is 0.733. The summed E-state index contributed by atoms with van der Waals surface area (Å²) in [6, 6.07) is 1.77. The van der Waals surface area contributed by atoms with E-state index in [0.29, 0.717) is 0 Å². The molecule has 1 rings (SSSR count). The first kappa shape index (κ1) is 11.1. The molecule has 0 aliphatic rings. The zero-order chi connectivity index (χ0) is 10.2. The van der Waals surface area contributed by atoms with Gasteiger partial charge in [0.15, 0.2) is 0 Å². The van der Waals surface area contributed by atoms with Gasteiger partial charge in [0.05, 0.1) is 11.8 Å². The smallest absolute Gasteiger partial charge is 0.115 e. The van der Waals surface area contributed by atoms with Crippen LogP contribution in [-0.2, 0) is 0 Å². The van der Waals surface area contributed by atoms with Gasteiger partial charge in [0, 0.05) is 6.20 Å². The maximum atomic E-state index is 9.73. The van der Waals surface area contributed by atoms with Gasteiger partial charge in [-0.3, -0.25) is 0 Å². The summed E-state index contributed by atoms with van der Waals surface area (Å²) in [7, 11) is 0. The minimum Gasteiger partial charge on any atom is -0.387 e. The van der Waals surface area contributed by atoms with Crippen LogP contribution < -0.4 is 0 Å². The summed E-state index contributed by atoms with van der Waals surface area (Å²) in [5.74, 6) is 0. The van der Waals surface area contributed by atoms with Gasteiger partial charge in [-0.1, -0.05) is 32.6 Å². The maximum absolute atomic E-state index is 9.73. The second-order valence-electron chi connectivity index (χ2n) is 3.50. The first-order valence-electron chi connectivity index (χ1n) is 5.28. The molecule has 0 radical (unpaired) electrons. The summed E-state index contributed by atoms with van der Waals surface area (Å²) in [4.78, 5) is 7.83. The highest BCUT2D eigenvalue weighted by Crippen LogP contribution is 2.16. The lowest BCUT2D eigenvalue weighted by molar-refractivity contribution is 0.158. The molecule has 3 heteroatoms. The molecule has 0 bridgehead atoms. The van der Waals surface area contributed by atoms with Crippen LogP contribution in [0.3, 0.4) is 0 Å². The molecule has 0 aliphatic heterocycles. The highest BCUT2D eigenvalue weighted by atomic mass is 16.3. The number of hydrogen-bond donors (Lipinski definition) is 1. The molecule has 0 saturated heterocycles. The molecule has 0 aliphatic carbocycles. The average Bonchev–Trinajstić information content (AvgIpc) is 2.25. The Hall–Kier alpha value is -0.960. The van der Waals surface area contributed by atoms with E-state index in [9.17, 15) is 5.11 Å². The van der Waals surface area contributed by atoms with Gasteiger partial charge in [-0.05, 0) is 12.5 Å². The Labute approximate surface area is 85.2 Å². The van der Waals surface area contributed by atoms with Crippen molar-refractivity contribution in [2.45, 2.75) is 45.1 Å². The third kappa shape index (κ3) is 3.83. The number of nitrogens with zero attached hydrogens (tertiary/aromatic N) is 2. The highest BCUT2D eigenvalue weighted by Gasteiger charge is 2.07.